The Balaban J connectivity index is 1.90. The van der Waals surface area contributed by atoms with Crippen LogP contribution in [0.1, 0.15) is 27.5 Å². The minimum Gasteiger partial charge on any atom is -0.391 e. The molecule has 28 heavy (non-hydrogen) atoms. The van der Waals surface area contributed by atoms with Gasteiger partial charge < -0.3 is 10.4 Å². The number of rotatable bonds is 7. The molecule has 0 aliphatic carbocycles. The van der Waals surface area contributed by atoms with Crippen LogP contribution in [0.4, 0.5) is 4.39 Å². The number of halogens is 1. The van der Waals surface area contributed by atoms with E-state index in [9.17, 15) is 14.3 Å². The van der Waals surface area contributed by atoms with E-state index in [1.165, 1.54) is 24.3 Å². The van der Waals surface area contributed by atoms with Crippen molar-refractivity contribution in [3.63, 3.8) is 0 Å². The fourth-order valence-corrected chi connectivity index (χ4v) is 3.14. The normalized spacial score (nSPS) is 11.6. The SMILES string of the molecule is O=C(c1ccc(F)cc1)C(C(=S)NCc1ccccc1)[n+]1cccc(CO)c1. The molecule has 1 heterocycles. The van der Waals surface area contributed by atoms with Gasteiger partial charge in [0.25, 0.3) is 6.04 Å². The Hall–Kier alpha value is -2.96. The van der Waals surface area contributed by atoms with Gasteiger partial charge in [-0.25, -0.2) is 4.39 Å². The van der Waals surface area contributed by atoms with Crippen molar-refractivity contribution in [2.75, 3.05) is 0 Å². The number of thiocarbonyl (C=S) groups is 1. The number of hydrogen-bond acceptors (Lipinski definition) is 3. The summed E-state index contributed by atoms with van der Waals surface area (Å²) in [6.45, 7) is 0.329. The first kappa shape index (κ1) is 19.8. The summed E-state index contributed by atoms with van der Waals surface area (Å²) in [6, 6.07) is 17.8. The number of aromatic nitrogens is 1. The number of pyridine rings is 1. The molecule has 6 heteroatoms. The second kappa shape index (κ2) is 9.30. The Labute approximate surface area is 168 Å². The van der Waals surface area contributed by atoms with Gasteiger partial charge in [0.15, 0.2) is 17.4 Å². The minimum absolute atomic E-state index is 0.150. The van der Waals surface area contributed by atoms with Crippen molar-refractivity contribution in [2.24, 2.45) is 0 Å². The van der Waals surface area contributed by atoms with Gasteiger partial charge in [-0.1, -0.05) is 42.5 Å². The van der Waals surface area contributed by atoms with Gasteiger partial charge in [0.1, 0.15) is 5.82 Å². The summed E-state index contributed by atoms with van der Waals surface area (Å²) in [7, 11) is 0. The number of carbonyl (C=O) groups is 1. The van der Waals surface area contributed by atoms with Crippen molar-refractivity contribution in [1.82, 2.24) is 5.32 Å². The quantitative estimate of drug-likeness (QED) is 0.367. The molecule has 0 spiro atoms. The Kier molecular flexibility index (Phi) is 6.57. The molecule has 3 aromatic rings. The largest absolute Gasteiger partial charge is 0.391 e. The first-order valence-electron chi connectivity index (χ1n) is 8.80. The van der Waals surface area contributed by atoms with Crippen LogP contribution < -0.4 is 9.88 Å². The molecule has 0 saturated carbocycles. The number of ketones is 1. The van der Waals surface area contributed by atoms with E-state index in [2.05, 4.69) is 5.32 Å². The van der Waals surface area contributed by atoms with E-state index in [1.807, 2.05) is 30.3 Å². The van der Waals surface area contributed by atoms with Gasteiger partial charge in [-0.15, -0.1) is 0 Å². The van der Waals surface area contributed by atoms with Gasteiger partial charge in [-0.05, 0) is 35.9 Å². The maximum atomic E-state index is 13.3. The van der Waals surface area contributed by atoms with Crippen LogP contribution in [0.3, 0.4) is 0 Å². The molecule has 4 nitrogen and oxygen atoms in total. The number of aliphatic hydroxyl groups excluding tert-OH is 1. The second-order valence-corrected chi connectivity index (χ2v) is 6.73. The molecule has 3 rings (SSSR count). The van der Waals surface area contributed by atoms with Crippen LogP contribution in [0.5, 0.6) is 0 Å². The van der Waals surface area contributed by atoms with Crippen molar-refractivity contribution < 1.29 is 18.9 Å². The lowest BCUT2D eigenvalue weighted by Gasteiger charge is -2.15. The molecule has 0 fully saturated rings. The molecule has 0 aliphatic rings. The van der Waals surface area contributed by atoms with Gasteiger partial charge >= 0.3 is 0 Å². The fourth-order valence-electron chi connectivity index (χ4n) is 2.84. The highest BCUT2D eigenvalue weighted by molar-refractivity contribution is 7.80. The number of Topliss-reactive ketones (excluding diaryl/α,β-unsaturated/α-hetero) is 1. The van der Waals surface area contributed by atoms with Crippen LogP contribution >= 0.6 is 12.2 Å². The van der Waals surface area contributed by atoms with E-state index < -0.39 is 11.9 Å². The molecule has 1 atom stereocenters. The van der Waals surface area contributed by atoms with E-state index in [4.69, 9.17) is 12.2 Å². The lowest BCUT2D eigenvalue weighted by Crippen LogP contribution is -2.51. The topological polar surface area (TPSA) is 53.2 Å². The van der Waals surface area contributed by atoms with Crippen LogP contribution in [-0.4, -0.2) is 15.9 Å². The van der Waals surface area contributed by atoms with E-state index in [-0.39, 0.29) is 12.4 Å². The number of hydrogen-bond donors (Lipinski definition) is 2. The molecular weight excluding hydrogens is 375 g/mol. The number of carbonyl (C=O) groups excluding carboxylic acids is 1. The maximum Gasteiger partial charge on any atom is 0.270 e. The Morgan fingerprint density at radius 1 is 1.04 bits per heavy atom. The molecule has 2 aromatic carbocycles. The molecule has 0 bridgehead atoms. The van der Waals surface area contributed by atoms with Crippen LogP contribution in [0.15, 0.2) is 79.1 Å². The lowest BCUT2D eigenvalue weighted by molar-refractivity contribution is -0.692. The van der Waals surface area contributed by atoms with Crippen molar-refractivity contribution in [3.05, 3.63) is 102 Å². The number of nitrogens with zero attached hydrogens (tertiary/aromatic N) is 1. The molecule has 1 unspecified atom stereocenters. The molecule has 142 valence electrons. The van der Waals surface area contributed by atoms with E-state index >= 15 is 0 Å². The standard InChI is InChI=1S/C22H19FN2O2S/c23-19-10-8-18(9-11-19)21(27)20(25-12-4-7-17(14-25)15-26)22(28)24-13-16-5-2-1-3-6-16/h1-12,14,20,26H,13,15H2/p+1. The van der Waals surface area contributed by atoms with Gasteiger partial charge in [0.2, 0.25) is 5.78 Å². The number of aliphatic hydroxyl groups is 1. The molecule has 0 saturated heterocycles. The summed E-state index contributed by atoms with van der Waals surface area (Å²) in [5.41, 5.74) is 2.05. The average Bonchev–Trinajstić information content (AvgIpc) is 2.74. The fraction of sp³-hybridized carbons (Fsp3) is 0.136. The highest BCUT2D eigenvalue weighted by atomic mass is 32.1. The van der Waals surface area contributed by atoms with Crippen LogP contribution in [0.25, 0.3) is 0 Å². The van der Waals surface area contributed by atoms with Gasteiger partial charge in [-0.3, -0.25) is 4.79 Å². The third kappa shape index (κ3) is 4.85. The third-order valence-electron chi connectivity index (χ3n) is 4.30. The highest BCUT2D eigenvalue weighted by Crippen LogP contribution is 2.13. The summed E-state index contributed by atoms with van der Waals surface area (Å²) in [5.74, 6) is -0.668. The zero-order valence-corrected chi connectivity index (χ0v) is 15.9. The molecular formula is C22H20FN2O2S+. The van der Waals surface area contributed by atoms with Crippen molar-refractivity contribution in [1.29, 1.82) is 0 Å². The summed E-state index contributed by atoms with van der Waals surface area (Å²) in [5, 5.41) is 12.6. The first-order valence-corrected chi connectivity index (χ1v) is 9.21. The predicted octanol–water partition coefficient (Wildman–Crippen LogP) is 3.15. The van der Waals surface area contributed by atoms with Gasteiger partial charge in [0, 0.05) is 23.7 Å². The predicted molar refractivity (Wildman–Crippen MR) is 108 cm³/mol. The van der Waals surface area contributed by atoms with Crippen molar-refractivity contribution in [2.45, 2.75) is 19.2 Å². The summed E-state index contributed by atoms with van der Waals surface area (Å²) >= 11 is 5.55. The molecule has 0 amide bonds. The zero-order valence-electron chi connectivity index (χ0n) is 15.1. The van der Waals surface area contributed by atoms with E-state index in [0.29, 0.717) is 22.7 Å². The average molecular weight is 395 g/mol. The van der Waals surface area contributed by atoms with Crippen LogP contribution in [-0.2, 0) is 13.2 Å². The molecule has 0 aliphatic heterocycles. The Morgan fingerprint density at radius 3 is 2.39 bits per heavy atom. The summed E-state index contributed by atoms with van der Waals surface area (Å²) < 4.78 is 14.9. The zero-order chi connectivity index (χ0) is 19.9. The van der Waals surface area contributed by atoms with Crippen molar-refractivity contribution >= 4 is 23.0 Å². The first-order chi connectivity index (χ1) is 13.6. The van der Waals surface area contributed by atoms with Crippen LogP contribution in [0, 0.1) is 5.82 Å². The Morgan fingerprint density at radius 2 is 1.71 bits per heavy atom. The maximum absolute atomic E-state index is 13.3. The van der Waals surface area contributed by atoms with Gasteiger partial charge in [0.05, 0.1) is 6.61 Å². The number of nitrogens with one attached hydrogen (secondary N) is 1. The second-order valence-electron chi connectivity index (χ2n) is 6.29. The molecule has 1 aromatic heterocycles. The van der Waals surface area contributed by atoms with E-state index in [1.54, 1.807) is 29.1 Å². The van der Waals surface area contributed by atoms with Crippen LogP contribution in [0.2, 0.25) is 0 Å². The van der Waals surface area contributed by atoms with E-state index in [0.717, 1.165) is 5.56 Å². The van der Waals surface area contributed by atoms with Gasteiger partial charge in [-0.2, -0.15) is 4.57 Å². The summed E-state index contributed by atoms with van der Waals surface area (Å²) in [4.78, 5) is 13.5. The smallest absolute Gasteiger partial charge is 0.270 e. The highest BCUT2D eigenvalue weighted by Gasteiger charge is 2.33. The Bertz CT molecular complexity index is 962. The monoisotopic (exact) mass is 395 g/mol. The molecule has 2 N–H and O–H groups in total. The minimum atomic E-state index is -0.810. The number of benzene rings is 2. The third-order valence-corrected chi connectivity index (χ3v) is 4.67. The molecule has 0 radical (unpaired) electrons. The van der Waals surface area contributed by atoms with Crippen molar-refractivity contribution in [3.8, 4) is 0 Å². The lowest BCUT2D eigenvalue weighted by atomic mass is 10.0. The summed E-state index contributed by atoms with van der Waals surface area (Å²) in [6.07, 6.45) is 3.41.